The summed E-state index contributed by atoms with van der Waals surface area (Å²) >= 11 is 0. The molecule has 1 unspecified atom stereocenters. The second-order valence-electron chi connectivity index (χ2n) is 6.21. The standard InChI is InChI=1S/C20H21NO4/c21-18(19(22)23)20(17-13-24-14-25-17,11-15-7-3-1-4-8-15)12-16-9-5-2-6-10-16/h1-10,13,18H,11-12,14,21H2,(H,22,23). The van der Waals surface area contributed by atoms with Gasteiger partial charge in [0.05, 0.1) is 5.41 Å². The van der Waals surface area contributed by atoms with E-state index in [4.69, 9.17) is 15.2 Å². The van der Waals surface area contributed by atoms with E-state index in [1.807, 2.05) is 60.7 Å². The van der Waals surface area contributed by atoms with Gasteiger partial charge < -0.3 is 20.3 Å². The highest BCUT2D eigenvalue weighted by Gasteiger charge is 2.47. The first kappa shape index (κ1) is 17.0. The van der Waals surface area contributed by atoms with Crippen molar-refractivity contribution in [3.05, 3.63) is 83.8 Å². The second kappa shape index (κ2) is 7.40. The molecule has 25 heavy (non-hydrogen) atoms. The summed E-state index contributed by atoms with van der Waals surface area (Å²) in [5.74, 6) is -0.585. The van der Waals surface area contributed by atoms with Gasteiger partial charge in [-0.2, -0.15) is 0 Å². The average molecular weight is 339 g/mol. The van der Waals surface area contributed by atoms with Crippen LogP contribution in [-0.2, 0) is 27.1 Å². The minimum absolute atomic E-state index is 0.0764. The summed E-state index contributed by atoms with van der Waals surface area (Å²) in [6.45, 7) is 0.0764. The molecule has 1 atom stereocenters. The Bertz CT molecular complexity index is 701. The van der Waals surface area contributed by atoms with E-state index in [0.717, 1.165) is 11.1 Å². The maximum atomic E-state index is 11.8. The van der Waals surface area contributed by atoms with Gasteiger partial charge in [0.1, 0.15) is 18.1 Å². The Hall–Kier alpha value is -2.79. The molecule has 1 heterocycles. The van der Waals surface area contributed by atoms with Gasteiger partial charge in [0.2, 0.25) is 6.79 Å². The summed E-state index contributed by atoms with van der Waals surface area (Å²) in [4.78, 5) is 11.8. The molecule has 0 aliphatic carbocycles. The number of carboxylic acid groups (broad SMARTS) is 1. The molecule has 0 radical (unpaired) electrons. The van der Waals surface area contributed by atoms with E-state index in [0.29, 0.717) is 18.6 Å². The molecule has 5 nitrogen and oxygen atoms in total. The first-order valence-corrected chi connectivity index (χ1v) is 8.13. The van der Waals surface area contributed by atoms with Gasteiger partial charge in [-0.15, -0.1) is 0 Å². The van der Waals surface area contributed by atoms with Crippen molar-refractivity contribution in [2.24, 2.45) is 11.1 Å². The van der Waals surface area contributed by atoms with Gasteiger partial charge in [-0.25, -0.2) is 0 Å². The normalized spacial score (nSPS) is 15.0. The summed E-state index contributed by atoms with van der Waals surface area (Å²) in [6.07, 6.45) is 2.37. The van der Waals surface area contributed by atoms with E-state index in [9.17, 15) is 9.90 Å². The molecule has 1 aliphatic rings. The van der Waals surface area contributed by atoms with Crippen LogP contribution >= 0.6 is 0 Å². The molecule has 0 saturated heterocycles. The van der Waals surface area contributed by atoms with E-state index in [2.05, 4.69) is 0 Å². The molecular formula is C20H21NO4. The molecule has 3 N–H and O–H groups in total. The van der Waals surface area contributed by atoms with Crippen molar-refractivity contribution >= 4 is 5.97 Å². The fourth-order valence-corrected chi connectivity index (χ4v) is 3.27. The molecule has 2 aromatic rings. The lowest BCUT2D eigenvalue weighted by Gasteiger charge is -2.37. The van der Waals surface area contributed by atoms with Crippen LogP contribution in [-0.4, -0.2) is 23.9 Å². The van der Waals surface area contributed by atoms with Crippen molar-refractivity contribution in [1.82, 2.24) is 0 Å². The van der Waals surface area contributed by atoms with Crippen molar-refractivity contribution in [2.75, 3.05) is 6.79 Å². The van der Waals surface area contributed by atoms with Crippen molar-refractivity contribution in [2.45, 2.75) is 18.9 Å². The van der Waals surface area contributed by atoms with Gasteiger partial charge in [-0.1, -0.05) is 60.7 Å². The third kappa shape index (κ3) is 3.67. The predicted octanol–water partition coefficient (Wildman–Crippen LogP) is 2.72. The minimum atomic E-state index is -1.14. The lowest BCUT2D eigenvalue weighted by molar-refractivity contribution is -0.142. The van der Waals surface area contributed by atoms with Crippen LogP contribution in [0.5, 0.6) is 0 Å². The number of hydrogen-bond acceptors (Lipinski definition) is 4. The van der Waals surface area contributed by atoms with Crippen LogP contribution in [0, 0.1) is 5.41 Å². The van der Waals surface area contributed by atoms with E-state index in [-0.39, 0.29) is 6.79 Å². The zero-order chi connectivity index (χ0) is 17.7. The molecule has 2 aromatic carbocycles. The Kier molecular flexibility index (Phi) is 5.05. The Morgan fingerprint density at radius 1 is 1.04 bits per heavy atom. The molecule has 0 spiro atoms. The average Bonchev–Trinajstić information content (AvgIpc) is 3.17. The van der Waals surface area contributed by atoms with Crippen molar-refractivity contribution in [1.29, 1.82) is 0 Å². The number of carbonyl (C=O) groups is 1. The zero-order valence-corrected chi connectivity index (χ0v) is 13.8. The highest BCUT2D eigenvalue weighted by Crippen LogP contribution is 2.40. The maximum absolute atomic E-state index is 11.8. The number of rotatable bonds is 7. The molecule has 130 valence electrons. The Morgan fingerprint density at radius 2 is 1.56 bits per heavy atom. The number of aliphatic carboxylic acids is 1. The van der Waals surface area contributed by atoms with Crippen LogP contribution in [0.2, 0.25) is 0 Å². The Morgan fingerprint density at radius 3 is 1.96 bits per heavy atom. The number of hydrogen-bond donors (Lipinski definition) is 2. The van der Waals surface area contributed by atoms with Crippen LogP contribution in [0.15, 0.2) is 72.7 Å². The lowest BCUT2D eigenvalue weighted by Crippen LogP contribution is -2.51. The quantitative estimate of drug-likeness (QED) is 0.810. The number of ether oxygens (including phenoxy) is 2. The molecule has 5 heteroatoms. The second-order valence-corrected chi connectivity index (χ2v) is 6.21. The van der Waals surface area contributed by atoms with Crippen LogP contribution in [0.3, 0.4) is 0 Å². The molecule has 0 bridgehead atoms. The summed E-state index contributed by atoms with van der Waals surface area (Å²) in [5, 5.41) is 9.69. The third-order valence-corrected chi connectivity index (χ3v) is 4.55. The van der Waals surface area contributed by atoms with Gasteiger partial charge in [0.25, 0.3) is 0 Å². The fourth-order valence-electron chi connectivity index (χ4n) is 3.27. The molecule has 3 rings (SSSR count). The van der Waals surface area contributed by atoms with Crippen molar-refractivity contribution in [3.63, 3.8) is 0 Å². The van der Waals surface area contributed by atoms with Gasteiger partial charge in [-0.3, -0.25) is 4.79 Å². The summed E-state index contributed by atoms with van der Waals surface area (Å²) in [7, 11) is 0. The van der Waals surface area contributed by atoms with E-state index < -0.39 is 17.4 Å². The number of benzene rings is 2. The van der Waals surface area contributed by atoms with Crippen LogP contribution in [0.1, 0.15) is 11.1 Å². The molecule has 0 saturated carbocycles. The van der Waals surface area contributed by atoms with E-state index in [1.54, 1.807) is 0 Å². The Balaban J connectivity index is 2.07. The summed E-state index contributed by atoms with van der Waals surface area (Å²) in [5.41, 5.74) is 7.24. The first-order chi connectivity index (χ1) is 12.1. The van der Waals surface area contributed by atoms with Crippen molar-refractivity contribution in [3.8, 4) is 0 Å². The predicted molar refractivity (Wildman–Crippen MR) is 93.5 cm³/mol. The molecule has 1 aliphatic heterocycles. The monoisotopic (exact) mass is 339 g/mol. The smallest absolute Gasteiger partial charge is 0.321 e. The number of carboxylic acids is 1. The SMILES string of the molecule is NC(C(=O)O)C(Cc1ccccc1)(Cc1ccccc1)C1=COCO1. The van der Waals surface area contributed by atoms with Crippen LogP contribution in [0.4, 0.5) is 0 Å². The Labute approximate surface area is 146 Å². The summed E-state index contributed by atoms with van der Waals surface area (Å²) in [6, 6.07) is 18.3. The van der Waals surface area contributed by atoms with Gasteiger partial charge in [0.15, 0.2) is 0 Å². The first-order valence-electron chi connectivity index (χ1n) is 8.13. The van der Waals surface area contributed by atoms with Crippen molar-refractivity contribution < 1.29 is 19.4 Å². The van der Waals surface area contributed by atoms with Gasteiger partial charge in [0, 0.05) is 0 Å². The maximum Gasteiger partial charge on any atom is 0.321 e. The highest BCUT2D eigenvalue weighted by molar-refractivity contribution is 5.75. The summed E-state index contributed by atoms with van der Waals surface area (Å²) < 4.78 is 10.9. The highest BCUT2D eigenvalue weighted by atomic mass is 16.7. The fraction of sp³-hybridized carbons (Fsp3) is 0.250. The van der Waals surface area contributed by atoms with Crippen LogP contribution in [0.25, 0.3) is 0 Å². The van der Waals surface area contributed by atoms with E-state index >= 15 is 0 Å². The molecule has 0 amide bonds. The van der Waals surface area contributed by atoms with E-state index in [1.165, 1.54) is 6.26 Å². The van der Waals surface area contributed by atoms with Gasteiger partial charge in [-0.05, 0) is 24.0 Å². The molecular weight excluding hydrogens is 318 g/mol. The van der Waals surface area contributed by atoms with Crippen LogP contribution < -0.4 is 5.73 Å². The van der Waals surface area contributed by atoms with Gasteiger partial charge >= 0.3 is 5.97 Å². The zero-order valence-electron chi connectivity index (χ0n) is 13.8. The lowest BCUT2D eigenvalue weighted by atomic mass is 9.69. The third-order valence-electron chi connectivity index (χ3n) is 4.55. The topological polar surface area (TPSA) is 81.8 Å². The largest absolute Gasteiger partial charge is 0.480 e. The molecule has 0 fully saturated rings. The minimum Gasteiger partial charge on any atom is -0.480 e. The molecule has 0 aromatic heterocycles. The number of nitrogens with two attached hydrogens (primary N) is 1.